The minimum atomic E-state index is -0.771. The summed E-state index contributed by atoms with van der Waals surface area (Å²) in [6, 6.07) is 10.2. The maximum absolute atomic E-state index is 9.38. The maximum atomic E-state index is 9.38. The number of hydrogen-bond donors (Lipinski definition) is 1. The lowest BCUT2D eigenvalue weighted by Crippen LogP contribution is -2.12. The average Bonchev–Trinajstić information content (AvgIpc) is 2.13. The van der Waals surface area contributed by atoms with Crippen LogP contribution in [0.1, 0.15) is 19.4 Å². The van der Waals surface area contributed by atoms with Crippen molar-refractivity contribution >= 4 is 0 Å². The van der Waals surface area contributed by atoms with Gasteiger partial charge in [0.2, 0.25) is 0 Å². The van der Waals surface area contributed by atoms with Gasteiger partial charge in [-0.1, -0.05) is 30.3 Å². The molecule has 0 aromatic heterocycles. The van der Waals surface area contributed by atoms with Gasteiger partial charge in [-0.15, -0.1) is 5.73 Å². The van der Waals surface area contributed by atoms with Crippen LogP contribution in [-0.2, 0) is 6.42 Å². The summed E-state index contributed by atoms with van der Waals surface area (Å²) in [5.74, 6) is 0. The Morgan fingerprint density at radius 1 is 1.29 bits per heavy atom. The molecule has 0 heterocycles. The van der Waals surface area contributed by atoms with Gasteiger partial charge in [0.05, 0.1) is 5.60 Å². The Morgan fingerprint density at radius 3 is 2.50 bits per heavy atom. The Bertz CT molecular complexity index is 324. The molecule has 0 spiro atoms. The standard InChI is InChI=1S/C13H16O/c1-13(2,14)11-7-6-10-12-8-4-3-5-9-12/h3-6,8-9,11,14H,10H2,1-2H3. The zero-order valence-electron chi connectivity index (χ0n) is 8.70. The summed E-state index contributed by atoms with van der Waals surface area (Å²) in [6.07, 6.45) is 4.44. The lowest BCUT2D eigenvalue weighted by Gasteiger charge is -2.07. The first-order chi connectivity index (χ1) is 6.58. The van der Waals surface area contributed by atoms with Crippen molar-refractivity contribution in [2.45, 2.75) is 25.9 Å². The largest absolute Gasteiger partial charge is 0.386 e. The van der Waals surface area contributed by atoms with Gasteiger partial charge in [0.1, 0.15) is 0 Å². The van der Waals surface area contributed by atoms with E-state index in [-0.39, 0.29) is 0 Å². The van der Waals surface area contributed by atoms with E-state index in [9.17, 15) is 5.11 Å². The van der Waals surface area contributed by atoms with Gasteiger partial charge in [-0.2, -0.15) is 0 Å². The van der Waals surface area contributed by atoms with E-state index >= 15 is 0 Å². The van der Waals surface area contributed by atoms with Crippen molar-refractivity contribution in [2.75, 3.05) is 0 Å². The monoisotopic (exact) mass is 188 g/mol. The first kappa shape index (κ1) is 10.8. The molecular formula is C13H16O. The second-order valence-corrected chi connectivity index (χ2v) is 3.86. The van der Waals surface area contributed by atoms with Crippen LogP contribution in [0.2, 0.25) is 0 Å². The fourth-order valence-electron chi connectivity index (χ4n) is 1.05. The molecule has 0 bridgehead atoms. The summed E-state index contributed by atoms with van der Waals surface area (Å²) in [7, 11) is 0. The first-order valence-corrected chi connectivity index (χ1v) is 4.76. The van der Waals surface area contributed by atoms with Gasteiger partial charge in [0, 0.05) is 0 Å². The highest BCUT2D eigenvalue weighted by molar-refractivity contribution is 5.17. The fraction of sp³-hybridized carbons (Fsp3) is 0.308. The van der Waals surface area contributed by atoms with Gasteiger partial charge in [-0.3, -0.25) is 0 Å². The third kappa shape index (κ3) is 4.66. The molecule has 14 heavy (non-hydrogen) atoms. The Labute approximate surface area is 85.4 Å². The molecule has 1 heteroatoms. The smallest absolute Gasteiger partial charge is 0.0844 e. The van der Waals surface area contributed by atoms with Crippen molar-refractivity contribution in [2.24, 2.45) is 0 Å². The van der Waals surface area contributed by atoms with Crippen LogP contribution in [0.5, 0.6) is 0 Å². The minimum Gasteiger partial charge on any atom is -0.386 e. The van der Waals surface area contributed by atoms with Crippen molar-refractivity contribution in [1.82, 2.24) is 0 Å². The molecule has 0 amide bonds. The summed E-state index contributed by atoms with van der Waals surface area (Å²) >= 11 is 0. The van der Waals surface area contributed by atoms with E-state index in [1.807, 2.05) is 24.3 Å². The SMILES string of the molecule is CC(C)(O)C=C=CCc1ccccc1. The quantitative estimate of drug-likeness (QED) is 0.723. The molecule has 0 saturated heterocycles. The van der Waals surface area contributed by atoms with Gasteiger partial charge in [0.25, 0.3) is 0 Å². The topological polar surface area (TPSA) is 20.2 Å². The molecule has 1 nitrogen and oxygen atoms in total. The molecule has 0 radical (unpaired) electrons. The van der Waals surface area contributed by atoms with Crippen LogP contribution in [0.3, 0.4) is 0 Å². The third-order valence-electron chi connectivity index (χ3n) is 1.73. The Balaban J connectivity index is 2.53. The second-order valence-electron chi connectivity index (χ2n) is 3.86. The van der Waals surface area contributed by atoms with Crippen LogP contribution < -0.4 is 0 Å². The molecule has 1 N–H and O–H groups in total. The van der Waals surface area contributed by atoms with Gasteiger partial charge in [-0.05, 0) is 38.0 Å². The predicted molar refractivity (Wildman–Crippen MR) is 59.1 cm³/mol. The summed E-state index contributed by atoms with van der Waals surface area (Å²) in [6.45, 7) is 3.46. The number of hydrogen-bond acceptors (Lipinski definition) is 1. The van der Waals surface area contributed by atoms with E-state index < -0.39 is 5.60 Å². The lowest BCUT2D eigenvalue weighted by molar-refractivity contribution is 0.133. The van der Waals surface area contributed by atoms with E-state index in [2.05, 4.69) is 17.9 Å². The zero-order chi connectivity index (χ0) is 10.4. The summed E-state index contributed by atoms with van der Waals surface area (Å²) < 4.78 is 0. The molecule has 0 unspecified atom stereocenters. The average molecular weight is 188 g/mol. The fourth-order valence-corrected chi connectivity index (χ4v) is 1.05. The van der Waals surface area contributed by atoms with Crippen LogP contribution >= 0.6 is 0 Å². The lowest BCUT2D eigenvalue weighted by atomic mass is 10.1. The number of benzene rings is 1. The van der Waals surface area contributed by atoms with Crippen LogP contribution in [-0.4, -0.2) is 10.7 Å². The molecule has 0 aliphatic rings. The molecule has 1 aromatic rings. The minimum absolute atomic E-state index is 0.771. The van der Waals surface area contributed by atoms with Crippen molar-refractivity contribution in [3.05, 3.63) is 53.8 Å². The molecule has 0 atom stereocenters. The molecular weight excluding hydrogens is 172 g/mol. The Hall–Kier alpha value is -1.30. The molecule has 1 rings (SSSR count). The van der Waals surface area contributed by atoms with E-state index in [1.165, 1.54) is 5.56 Å². The molecule has 0 aliphatic carbocycles. The van der Waals surface area contributed by atoms with E-state index in [0.717, 1.165) is 6.42 Å². The first-order valence-electron chi connectivity index (χ1n) is 4.76. The van der Waals surface area contributed by atoms with E-state index in [0.29, 0.717) is 0 Å². The predicted octanol–water partition coefficient (Wildman–Crippen LogP) is 2.71. The van der Waals surface area contributed by atoms with E-state index in [1.54, 1.807) is 19.9 Å². The van der Waals surface area contributed by atoms with E-state index in [4.69, 9.17) is 0 Å². The van der Waals surface area contributed by atoms with Crippen molar-refractivity contribution in [3.63, 3.8) is 0 Å². The highest BCUT2D eigenvalue weighted by atomic mass is 16.3. The maximum Gasteiger partial charge on any atom is 0.0844 e. The normalized spacial score (nSPS) is 10.5. The van der Waals surface area contributed by atoms with Crippen LogP contribution in [0.4, 0.5) is 0 Å². The van der Waals surface area contributed by atoms with Crippen molar-refractivity contribution < 1.29 is 5.11 Å². The van der Waals surface area contributed by atoms with Crippen molar-refractivity contribution in [3.8, 4) is 0 Å². The van der Waals surface area contributed by atoms with Crippen LogP contribution in [0.25, 0.3) is 0 Å². The number of rotatable bonds is 3. The number of aliphatic hydroxyl groups is 1. The molecule has 0 aliphatic heterocycles. The molecule has 0 saturated carbocycles. The second kappa shape index (κ2) is 4.80. The van der Waals surface area contributed by atoms with Crippen LogP contribution in [0, 0.1) is 0 Å². The summed E-state index contributed by atoms with van der Waals surface area (Å²) in [5.41, 5.74) is 3.46. The summed E-state index contributed by atoms with van der Waals surface area (Å²) in [5, 5.41) is 9.38. The van der Waals surface area contributed by atoms with Gasteiger partial charge < -0.3 is 5.11 Å². The Kier molecular flexibility index (Phi) is 3.70. The van der Waals surface area contributed by atoms with Crippen molar-refractivity contribution in [1.29, 1.82) is 0 Å². The molecule has 74 valence electrons. The molecule has 0 fully saturated rings. The third-order valence-corrected chi connectivity index (χ3v) is 1.73. The van der Waals surface area contributed by atoms with Crippen LogP contribution in [0.15, 0.2) is 48.2 Å². The zero-order valence-corrected chi connectivity index (χ0v) is 8.70. The summed E-state index contributed by atoms with van der Waals surface area (Å²) in [4.78, 5) is 0. The van der Waals surface area contributed by atoms with Gasteiger partial charge in [-0.25, -0.2) is 0 Å². The van der Waals surface area contributed by atoms with Gasteiger partial charge in [0.15, 0.2) is 0 Å². The Morgan fingerprint density at radius 2 is 1.93 bits per heavy atom. The van der Waals surface area contributed by atoms with Gasteiger partial charge >= 0.3 is 0 Å². The molecule has 1 aromatic carbocycles. The highest BCUT2D eigenvalue weighted by Crippen LogP contribution is 2.02. The highest BCUT2D eigenvalue weighted by Gasteiger charge is 2.04.